The highest BCUT2D eigenvalue weighted by Crippen LogP contribution is 2.17. The second kappa shape index (κ2) is 10.4. The summed E-state index contributed by atoms with van der Waals surface area (Å²) in [4.78, 5) is 30.9. The number of ether oxygens (including phenoxy) is 1. The first-order valence-electron chi connectivity index (χ1n) is 11.0. The van der Waals surface area contributed by atoms with Crippen LogP contribution < -0.4 is 0 Å². The van der Waals surface area contributed by atoms with Gasteiger partial charge in [-0.15, -0.1) is 0 Å². The summed E-state index contributed by atoms with van der Waals surface area (Å²) < 4.78 is 46.2. The number of nitrogens with zero attached hydrogens (tertiary/aromatic N) is 3. The summed E-state index contributed by atoms with van der Waals surface area (Å²) in [6.07, 6.45) is 0.536. The predicted octanol–water partition coefficient (Wildman–Crippen LogP) is 2.79. The Morgan fingerprint density at radius 3 is 2.36 bits per heavy atom. The molecule has 176 valence electrons. The summed E-state index contributed by atoms with van der Waals surface area (Å²) in [7, 11) is 0. The third kappa shape index (κ3) is 5.72. The summed E-state index contributed by atoms with van der Waals surface area (Å²) >= 11 is 0. The lowest BCUT2D eigenvalue weighted by Crippen LogP contribution is -2.50. The molecule has 2 saturated heterocycles. The molecule has 0 spiro atoms. The van der Waals surface area contributed by atoms with Gasteiger partial charge in [0.1, 0.15) is 17.5 Å². The monoisotopic (exact) mass is 461 g/mol. The summed E-state index contributed by atoms with van der Waals surface area (Å²) in [5, 5.41) is 0. The first kappa shape index (κ1) is 23.3. The first-order valence-corrected chi connectivity index (χ1v) is 11.0. The molecule has 33 heavy (non-hydrogen) atoms. The van der Waals surface area contributed by atoms with Crippen LogP contribution in [-0.4, -0.2) is 85.0 Å². The molecule has 0 aliphatic carbocycles. The Hall–Kier alpha value is -2.91. The van der Waals surface area contributed by atoms with E-state index in [1.807, 2.05) is 0 Å². The highest BCUT2D eigenvalue weighted by molar-refractivity contribution is 5.95. The van der Waals surface area contributed by atoms with E-state index in [9.17, 15) is 22.8 Å². The molecular weight excluding hydrogens is 435 g/mol. The number of benzene rings is 2. The van der Waals surface area contributed by atoms with E-state index >= 15 is 0 Å². The van der Waals surface area contributed by atoms with Crippen molar-refractivity contribution in [3.8, 4) is 0 Å². The molecule has 2 aliphatic rings. The predicted molar refractivity (Wildman–Crippen MR) is 115 cm³/mol. The molecule has 2 amide bonds. The molecule has 0 aromatic heterocycles. The molecule has 0 unspecified atom stereocenters. The van der Waals surface area contributed by atoms with E-state index in [-0.39, 0.29) is 23.4 Å². The zero-order valence-corrected chi connectivity index (χ0v) is 18.2. The summed E-state index contributed by atoms with van der Waals surface area (Å²) in [6.45, 7) is 4.12. The fourth-order valence-electron chi connectivity index (χ4n) is 4.27. The number of carbonyl (C=O) groups is 2. The van der Waals surface area contributed by atoms with Crippen molar-refractivity contribution in [1.82, 2.24) is 14.7 Å². The van der Waals surface area contributed by atoms with E-state index in [2.05, 4.69) is 4.90 Å². The van der Waals surface area contributed by atoms with Crippen LogP contribution in [0, 0.1) is 17.5 Å². The Balaban J connectivity index is 1.32. The maximum absolute atomic E-state index is 14.0. The van der Waals surface area contributed by atoms with Gasteiger partial charge in [-0.1, -0.05) is 0 Å². The molecule has 9 heteroatoms. The van der Waals surface area contributed by atoms with Crippen LogP contribution in [0.25, 0.3) is 0 Å². The van der Waals surface area contributed by atoms with Crippen molar-refractivity contribution in [2.45, 2.75) is 12.5 Å². The van der Waals surface area contributed by atoms with E-state index in [0.29, 0.717) is 57.5 Å². The number of halogens is 3. The van der Waals surface area contributed by atoms with Gasteiger partial charge in [0.15, 0.2) is 0 Å². The maximum atomic E-state index is 14.0. The van der Waals surface area contributed by atoms with Crippen LogP contribution in [0.4, 0.5) is 13.2 Å². The Kier molecular flexibility index (Phi) is 7.29. The molecule has 4 rings (SSSR count). The van der Waals surface area contributed by atoms with Crippen LogP contribution in [0.3, 0.4) is 0 Å². The summed E-state index contributed by atoms with van der Waals surface area (Å²) in [6, 6.07) is 8.49. The number of rotatable bonds is 4. The molecule has 2 fully saturated rings. The van der Waals surface area contributed by atoms with Gasteiger partial charge in [0.25, 0.3) is 11.8 Å². The van der Waals surface area contributed by atoms with Gasteiger partial charge in [-0.25, -0.2) is 13.2 Å². The van der Waals surface area contributed by atoms with E-state index in [1.165, 1.54) is 35.2 Å². The molecule has 0 saturated carbocycles. The van der Waals surface area contributed by atoms with Crippen molar-refractivity contribution in [3.05, 3.63) is 71.0 Å². The topological polar surface area (TPSA) is 53.1 Å². The third-order valence-electron chi connectivity index (χ3n) is 6.02. The molecule has 2 heterocycles. The molecule has 0 bridgehead atoms. The highest BCUT2D eigenvalue weighted by Gasteiger charge is 2.29. The quantitative estimate of drug-likeness (QED) is 0.703. The standard InChI is InChI=1S/C24H26F3N3O3/c25-18-4-2-17(3-5-18)23(31)29-9-1-8-28(10-11-29)15-20-16-30(12-13-33-20)24(32)21-7-6-19(26)14-22(21)27/h2-7,14,20H,1,8-13,15-16H2/t20-/m1/s1. The number of carbonyl (C=O) groups excluding carboxylic acids is 2. The molecule has 2 aromatic rings. The molecule has 6 nitrogen and oxygen atoms in total. The average molecular weight is 461 g/mol. The van der Waals surface area contributed by atoms with E-state index in [0.717, 1.165) is 19.0 Å². The van der Waals surface area contributed by atoms with Gasteiger partial charge in [0.2, 0.25) is 0 Å². The number of morpholine rings is 1. The van der Waals surface area contributed by atoms with Gasteiger partial charge in [-0.05, 0) is 49.4 Å². The summed E-state index contributed by atoms with van der Waals surface area (Å²) in [5.41, 5.74) is 0.310. The number of amides is 2. The van der Waals surface area contributed by atoms with Crippen LogP contribution in [0.2, 0.25) is 0 Å². The minimum atomic E-state index is -0.874. The van der Waals surface area contributed by atoms with Crippen molar-refractivity contribution >= 4 is 11.8 Å². The van der Waals surface area contributed by atoms with Gasteiger partial charge >= 0.3 is 0 Å². The average Bonchev–Trinajstić information content (AvgIpc) is 3.04. The zero-order chi connectivity index (χ0) is 23.4. The molecule has 2 aromatic carbocycles. The van der Waals surface area contributed by atoms with Crippen molar-refractivity contribution in [1.29, 1.82) is 0 Å². The van der Waals surface area contributed by atoms with E-state index in [4.69, 9.17) is 4.74 Å². The van der Waals surface area contributed by atoms with Crippen LogP contribution in [0.5, 0.6) is 0 Å². The van der Waals surface area contributed by atoms with Crippen LogP contribution >= 0.6 is 0 Å². The lowest BCUT2D eigenvalue weighted by atomic mass is 10.1. The second-order valence-corrected chi connectivity index (χ2v) is 8.32. The summed E-state index contributed by atoms with van der Waals surface area (Å²) in [5.74, 6) is -2.58. The Labute approximate surface area is 190 Å². The largest absolute Gasteiger partial charge is 0.373 e. The van der Waals surface area contributed by atoms with Gasteiger partial charge in [-0.3, -0.25) is 14.5 Å². The normalized spacial score (nSPS) is 19.9. The second-order valence-electron chi connectivity index (χ2n) is 8.32. The molecule has 0 radical (unpaired) electrons. The maximum Gasteiger partial charge on any atom is 0.257 e. The number of hydrogen-bond donors (Lipinski definition) is 0. The van der Waals surface area contributed by atoms with Gasteiger partial charge < -0.3 is 14.5 Å². The highest BCUT2D eigenvalue weighted by atomic mass is 19.1. The number of hydrogen-bond acceptors (Lipinski definition) is 4. The zero-order valence-electron chi connectivity index (χ0n) is 18.2. The van der Waals surface area contributed by atoms with Crippen molar-refractivity contribution in [2.75, 3.05) is 52.4 Å². The van der Waals surface area contributed by atoms with Crippen LogP contribution in [0.15, 0.2) is 42.5 Å². The SMILES string of the molecule is O=C(c1ccc(F)cc1)N1CCCN(C[C@@H]2CN(C(=O)c3ccc(F)cc3F)CCO2)CC1. The van der Waals surface area contributed by atoms with Crippen LogP contribution in [-0.2, 0) is 4.74 Å². The van der Waals surface area contributed by atoms with Crippen molar-refractivity contribution < 1.29 is 27.5 Å². The minimum absolute atomic E-state index is 0.121. The van der Waals surface area contributed by atoms with Gasteiger partial charge in [0, 0.05) is 50.9 Å². The van der Waals surface area contributed by atoms with Crippen molar-refractivity contribution in [3.63, 3.8) is 0 Å². The lowest BCUT2D eigenvalue weighted by Gasteiger charge is -2.35. The van der Waals surface area contributed by atoms with Crippen molar-refractivity contribution in [2.24, 2.45) is 0 Å². The first-order chi connectivity index (χ1) is 15.9. The Morgan fingerprint density at radius 2 is 1.61 bits per heavy atom. The lowest BCUT2D eigenvalue weighted by molar-refractivity contribution is -0.0354. The minimum Gasteiger partial charge on any atom is -0.373 e. The fourth-order valence-corrected chi connectivity index (χ4v) is 4.27. The Morgan fingerprint density at radius 1 is 0.848 bits per heavy atom. The molecule has 2 aliphatic heterocycles. The van der Waals surface area contributed by atoms with E-state index < -0.39 is 17.5 Å². The molecular formula is C24H26F3N3O3. The molecule has 0 N–H and O–H groups in total. The van der Waals surface area contributed by atoms with E-state index in [1.54, 1.807) is 4.90 Å². The smallest absolute Gasteiger partial charge is 0.257 e. The third-order valence-corrected chi connectivity index (χ3v) is 6.02. The van der Waals surface area contributed by atoms with Crippen LogP contribution in [0.1, 0.15) is 27.1 Å². The van der Waals surface area contributed by atoms with Gasteiger partial charge in [-0.2, -0.15) is 0 Å². The van der Waals surface area contributed by atoms with Gasteiger partial charge in [0.05, 0.1) is 18.3 Å². The fraction of sp³-hybridized carbons (Fsp3) is 0.417. The molecule has 1 atom stereocenters. The Bertz CT molecular complexity index is 1000.